The molecular weight excluding hydrogens is 650 g/mol. The van der Waals surface area contributed by atoms with Gasteiger partial charge in [0.2, 0.25) is 23.6 Å². The van der Waals surface area contributed by atoms with Crippen molar-refractivity contribution in [3.8, 4) is 0 Å². The van der Waals surface area contributed by atoms with E-state index >= 15 is 0 Å². The molecule has 0 radical (unpaired) electrons. The Morgan fingerprint density at radius 1 is 0.917 bits per heavy atom. The zero-order valence-corrected chi connectivity index (χ0v) is 26.7. The number of carbonyl (C=O) groups excluding carboxylic acids is 4. The summed E-state index contributed by atoms with van der Waals surface area (Å²) < 4.78 is 23.2. The van der Waals surface area contributed by atoms with Crippen LogP contribution in [0.2, 0.25) is 0 Å². The summed E-state index contributed by atoms with van der Waals surface area (Å²) in [6.07, 6.45) is -15.2. The van der Waals surface area contributed by atoms with Crippen molar-refractivity contribution in [2.45, 2.75) is 120 Å². The zero-order chi connectivity index (χ0) is 36.6. The van der Waals surface area contributed by atoms with Gasteiger partial charge in [0.05, 0.1) is 19.3 Å². The normalized spacial score (nSPS) is 32.3. The second-order valence-electron chi connectivity index (χ2n) is 11.4. The molecule has 2 aliphatic heterocycles. The highest BCUT2D eigenvalue weighted by Crippen LogP contribution is 2.32. The Kier molecular flexibility index (Phi) is 15.0. The Bertz CT molecular complexity index is 1180. The van der Waals surface area contributed by atoms with Crippen LogP contribution in [0.15, 0.2) is 0 Å². The van der Waals surface area contributed by atoms with E-state index in [-0.39, 0.29) is 12.8 Å². The van der Waals surface area contributed by atoms with Gasteiger partial charge >= 0.3 is 11.9 Å². The summed E-state index contributed by atoms with van der Waals surface area (Å²) in [5.74, 6) is -6.28. The summed E-state index contributed by atoms with van der Waals surface area (Å²) in [6.45, 7) is 2.78. The van der Waals surface area contributed by atoms with E-state index in [0.29, 0.717) is 0 Å². The van der Waals surface area contributed by atoms with Crippen LogP contribution >= 0.6 is 0 Å². The van der Waals surface area contributed by atoms with E-state index in [1.54, 1.807) is 0 Å². The first-order valence-electron chi connectivity index (χ1n) is 14.9. The average Bonchev–Trinajstić information content (AvgIpc) is 3.00. The number of ether oxygens (including phenoxy) is 4. The molecule has 0 saturated carbocycles. The van der Waals surface area contributed by atoms with Gasteiger partial charge in [-0.2, -0.15) is 0 Å². The number of primary amides is 1. The fourth-order valence-corrected chi connectivity index (χ4v) is 5.34. The largest absolute Gasteiger partial charge is 0.480 e. The summed E-state index contributed by atoms with van der Waals surface area (Å²) >= 11 is 0. The number of nitrogens with one attached hydrogen (secondary N) is 2. The molecule has 2 fully saturated rings. The Morgan fingerprint density at radius 3 is 2.00 bits per heavy atom. The van der Waals surface area contributed by atoms with E-state index in [9.17, 15) is 59.4 Å². The van der Waals surface area contributed by atoms with Crippen molar-refractivity contribution in [1.29, 1.82) is 0 Å². The minimum absolute atomic E-state index is 0.358. The molecule has 2 rings (SSSR count). The number of amides is 4. The number of aliphatic hydroxyl groups is 4. The Hall–Kier alpha value is -3.54. The molecule has 12 N–H and O–H groups in total. The number of nitrogens with zero attached hydrogens (tertiary/aromatic N) is 1. The highest BCUT2D eigenvalue weighted by molar-refractivity contribution is 5.90. The SMILES string of the molecule is CC(=O)N[C@H]1C(O[C@H]2[C@H](O[C@H](C)C(=O)O)[C@@H](N)C(N(C(C)=O)[C@@H](C)C(=O)N[C@H](CCC(N)=O)C(=O)O)O[C@@H]2CO)O[C@H](CO)[C@@H](O)[C@@H]1O. The van der Waals surface area contributed by atoms with E-state index < -0.39 is 128 Å². The standard InChI is InChI=1S/C27H45N5O16/c1-9(23(40)31-13(26(43)44)5-6-16(28)37)32(12(4)36)24-17(29)22(45-10(2)25(41)42)21(15(8-34)46-24)48-27-18(30-11(3)35)20(39)19(38)14(7-33)47-27/h9-10,13-15,17-22,24,27,33-34,38-39H,5-8,29H2,1-4H3,(H2,28,37)(H,30,35)(H,31,40)(H,41,42)(H,43,44)/t9-,10+,13+,14+,15+,17+,18+,19+,20+,21+,22+,24?,27?/m0/s1. The number of carboxylic acids is 2. The Morgan fingerprint density at radius 2 is 1.52 bits per heavy atom. The molecule has 21 nitrogen and oxygen atoms in total. The van der Waals surface area contributed by atoms with Crippen molar-refractivity contribution in [2.75, 3.05) is 13.2 Å². The monoisotopic (exact) mass is 695 g/mol. The molecule has 274 valence electrons. The number of hydrogen-bond acceptors (Lipinski definition) is 15. The quantitative estimate of drug-likeness (QED) is 0.0719. The van der Waals surface area contributed by atoms with Gasteiger partial charge < -0.3 is 76.6 Å². The van der Waals surface area contributed by atoms with Crippen molar-refractivity contribution in [3.05, 3.63) is 0 Å². The summed E-state index contributed by atoms with van der Waals surface area (Å²) in [5.41, 5.74) is 11.6. The highest BCUT2D eigenvalue weighted by Gasteiger charge is 2.54. The van der Waals surface area contributed by atoms with Crippen molar-refractivity contribution >= 4 is 35.6 Å². The first-order valence-corrected chi connectivity index (χ1v) is 14.9. The molecule has 0 spiro atoms. The van der Waals surface area contributed by atoms with Gasteiger partial charge in [-0.1, -0.05) is 0 Å². The maximum Gasteiger partial charge on any atom is 0.332 e. The smallest absolute Gasteiger partial charge is 0.332 e. The van der Waals surface area contributed by atoms with Gasteiger partial charge in [-0.25, -0.2) is 9.59 Å². The molecular formula is C27H45N5O16. The number of aliphatic hydroxyl groups excluding tert-OH is 4. The lowest BCUT2D eigenvalue weighted by Gasteiger charge is -2.51. The summed E-state index contributed by atoms with van der Waals surface area (Å²) in [7, 11) is 0. The van der Waals surface area contributed by atoms with Crippen molar-refractivity contribution < 1.29 is 78.4 Å². The number of rotatable bonds is 16. The lowest BCUT2D eigenvalue weighted by Crippen LogP contribution is -2.72. The lowest BCUT2D eigenvalue weighted by molar-refractivity contribution is -0.325. The number of aliphatic carboxylic acids is 2. The van der Waals surface area contributed by atoms with Crippen LogP contribution in [0.4, 0.5) is 0 Å². The number of carbonyl (C=O) groups is 6. The van der Waals surface area contributed by atoms with Crippen LogP contribution in [0.3, 0.4) is 0 Å². The van der Waals surface area contributed by atoms with E-state index in [1.807, 2.05) is 0 Å². The molecule has 21 heteroatoms. The van der Waals surface area contributed by atoms with E-state index in [4.69, 9.17) is 30.4 Å². The summed E-state index contributed by atoms with van der Waals surface area (Å²) in [4.78, 5) is 73.5. The molecule has 4 amide bonds. The van der Waals surface area contributed by atoms with Gasteiger partial charge in [0, 0.05) is 20.3 Å². The number of hydrogen-bond donors (Lipinski definition) is 10. The van der Waals surface area contributed by atoms with Crippen LogP contribution in [-0.2, 0) is 47.7 Å². The van der Waals surface area contributed by atoms with Crippen molar-refractivity contribution in [1.82, 2.24) is 15.5 Å². The minimum atomic E-state index is -1.74. The van der Waals surface area contributed by atoms with Crippen LogP contribution in [0, 0.1) is 0 Å². The second kappa shape index (κ2) is 17.7. The van der Waals surface area contributed by atoms with Crippen LogP contribution in [0.5, 0.6) is 0 Å². The summed E-state index contributed by atoms with van der Waals surface area (Å²) in [6, 6.07) is -6.10. The topological polar surface area (TPSA) is 340 Å². The summed E-state index contributed by atoms with van der Waals surface area (Å²) in [5, 5.41) is 64.8. The minimum Gasteiger partial charge on any atom is -0.480 e. The second-order valence-corrected chi connectivity index (χ2v) is 11.4. The first kappa shape index (κ1) is 40.6. The van der Waals surface area contributed by atoms with Gasteiger partial charge in [-0.3, -0.25) is 19.2 Å². The van der Waals surface area contributed by atoms with Gasteiger partial charge in [-0.15, -0.1) is 0 Å². The molecule has 0 aromatic rings. The third kappa shape index (κ3) is 9.99. The predicted octanol–water partition coefficient (Wildman–Crippen LogP) is -5.71. The van der Waals surface area contributed by atoms with E-state index in [1.165, 1.54) is 6.92 Å². The van der Waals surface area contributed by atoms with Crippen LogP contribution < -0.4 is 22.1 Å². The molecule has 0 aliphatic carbocycles. The third-order valence-corrected chi connectivity index (χ3v) is 7.87. The molecule has 2 aliphatic rings. The molecule has 13 atom stereocenters. The van der Waals surface area contributed by atoms with Gasteiger partial charge in [0.1, 0.15) is 54.7 Å². The predicted molar refractivity (Wildman–Crippen MR) is 156 cm³/mol. The highest BCUT2D eigenvalue weighted by atomic mass is 16.7. The van der Waals surface area contributed by atoms with Crippen LogP contribution in [0.25, 0.3) is 0 Å². The molecule has 0 aromatic heterocycles. The van der Waals surface area contributed by atoms with Crippen LogP contribution in [0.1, 0.15) is 40.5 Å². The van der Waals surface area contributed by atoms with Gasteiger partial charge in [0.15, 0.2) is 18.6 Å². The zero-order valence-electron chi connectivity index (χ0n) is 26.7. The van der Waals surface area contributed by atoms with Gasteiger partial charge in [0.25, 0.3) is 0 Å². The van der Waals surface area contributed by atoms with Crippen LogP contribution in [-0.4, -0.2) is 164 Å². The number of carboxylic acid groups (broad SMARTS) is 2. The average molecular weight is 696 g/mol. The molecule has 0 aromatic carbocycles. The lowest BCUT2D eigenvalue weighted by atomic mass is 9.93. The molecule has 2 unspecified atom stereocenters. The molecule has 48 heavy (non-hydrogen) atoms. The third-order valence-electron chi connectivity index (χ3n) is 7.87. The maximum absolute atomic E-state index is 13.2. The van der Waals surface area contributed by atoms with Crippen molar-refractivity contribution in [2.24, 2.45) is 11.5 Å². The molecule has 0 bridgehead atoms. The molecule has 2 saturated heterocycles. The van der Waals surface area contributed by atoms with Crippen molar-refractivity contribution in [3.63, 3.8) is 0 Å². The van der Waals surface area contributed by atoms with Gasteiger partial charge in [-0.05, 0) is 20.3 Å². The van der Waals surface area contributed by atoms with E-state index in [2.05, 4.69) is 10.6 Å². The maximum atomic E-state index is 13.2. The fourth-order valence-electron chi connectivity index (χ4n) is 5.34. The Labute approximate surface area is 274 Å². The van der Waals surface area contributed by atoms with E-state index in [0.717, 1.165) is 25.7 Å². The Balaban J connectivity index is 2.51. The number of nitrogens with two attached hydrogens (primary N) is 2. The fraction of sp³-hybridized carbons (Fsp3) is 0.778. The molecule has 2 heterocycles. The first-order chi connectivity index (χ1) is 22.4.